The summed E-state index contributed by atoms with van der Waals surface area (Å²) in [5.74, 6) is 1.27. The number of halogens is 2. The largest absolute Gasteiger partial charge is 0.339 e. The molecule has 1 aromatic rings. The summed E-state index contributed by atoms with van der Waals surface area (Å²) < 4.78 is 0. The van der Waals surface area contributed by atoms with E-state index in [1.165, 1.54) is 0 Å². The van der Waals surface area contributed by atoms with Crippen molar-refractivity contribution in [3.63, 3.8) is 0 Å². The fourth-order valence-corrected chi connectivity index (χ4v) is 2.79. The predicted octanol–water partition coefficient (Wildman–Crippen LogP) is 3.74. The van der Waals surface area contributed by atoms with E-state index in [2.05, 4.69) is 0 Å². The minimum Gasteiger partial charge on any atom is -0.339 e. The van der Waals surface area contributed by atoms with Gasteiger partial charge in [-0.05, 0) is 37.3 Å². The number of benzene rings is 1. The summed E-state index contributed by atoms with van der Waals surface area (Å²) in [7, 11) is 0. The number of nitrogens with zero attached hydrogens (tertiary/aromatic N) is 1. The fraction of sp³-hybridized carbons (Fsp3) is 0.500. The van der Waals surface area contributed by atoms with Crippen LogP contribution in [0.1, 0.15) is 28.8 Å². The molecule has 2 rings (SSSR count). The minimum atomic E-state index is 0.0386. The van der Waals surface area contributed by atoms with Crippen LogP contribution in [-0.2, 0) is 0 Å². The second kappa shape index (κ2) is 5.94. The zero-order chi connectivity index (χ0) is 13.1. The number of carbonyl (C=O) groups excluding carboxylic acids is 1. The molecule has 2 nitrogen and oxygen atoms in total. The van der Waals surface area contributed by atoms with Crippen LogP contribution in [0, 0.1) is 12.8 Å². The van der Waals surface area contributed by atoms with E-state index in [1.807, 2.05) is 24.0 Å². The van der Waals surface area contributed by atoms with Crippen molar-refractivity contribution >= 4 is 29.1 Å². The van der Waals surface area contributed by atoms with Crippen molar-refractivity contribution < 1.29 is 4.79 Å². The SMILES string of the molecule is Cc1cccc(C(=O)N2CCC(CCl)CC2)c1Cl. The smallest absolute Gasteiger partial charge is 0.255 e. The van der Waals surface area contributed by atoms with E-state index in [-0.39, 0.29) is 5.91 Å². The molecule has 0 bridgehead atoms. The highest BCUT2D eigenvalue weighted by atomic mass is 35.5. The predicted molar refractivity (Wildman–Crippen MR) is 75.5 cm³/mol. The molecule has 0 atom stereocenters. The van der Waals surface area contributed by atoms with Gasteiger partial charge in [-0.15, -0.1) is 11.6 Å². The van der Waals surface area contributed by atoms with Crippen LogP contribution < -0.4 is 0 Å². The Bertz CT molecular complexity index is 439. The van der Waals surface area contributed by atoms with Crippen LogP contribution in [0.15, 0.2) is 18.2 Å². The molecular weight excluding hydrogens is 269 g/mol. The molecule has 1 fully saturated rings. The molecule has 0 spiro atoms. The number of alkyl halides is 1. The average Bonchev–Trinajstić information content (AvgIpc) is 2.41. The molecule has 1 aromatic carbocycles. The van der Waals surface area contributed by atoms with Gasteiger partial charge in [0.2, 0.25) is 0 Å². The standard InChI is InChI=1S/C14H17Cl2NO/c1-10-3-2-4-12(13(10)16)14(18)17-7-5-11(9-15)6-8-17/h2-4,11H,5-9H2,1H3. The van der Waals surface area contributed by atoms with Gasteiger partial charge in [0.25, 0.3) is 5.91 Å². The highest BCUT2D eigenvalue weighted by Crippen LogP contribution is 2.25. The molecule has 0 N–H and O–H groups in total. The van der Waals surface area contributed by atoms with Crippen molar-refractivity contribution in [3.8, 4) is 0 Å². The zero-order valence-corrected chi connectivity index (χ0v) is 12.0. The number of amides is 1. The first-order valence-corrected chi connectivity index (χ1v) is 7.15. The molecule has 1 aliphatic heterocycles. The number of hydrogen-bond acceptors (Lipinski definition) is 1. The van der Waals surface area contributed by atoms with Crippen LogP contribution in [0.3, 0.4) is 0 Å². The zero-order valence-electron chi connectivity index (χ0n) is 10.5. The maximum absolute atomic E-state index is 12.4. The van der Waals surface area contributed by atoms with E-state index >= 15 is 0 Å². The van der Waals surface area contributed by atoms with Gasteiger partial charge in [-0.2, -0.15) is 0 Å². The van der Waals surface area contributed by atoms with Crippen molar-refractivity contribution in [1.82, 2.24) is 4.90 Å². The number of piperidine rings is 1. The van der Waals surface area contributed by atoms with Crippen molar-refractivity contribution in [3.05, 3.63) is 34.3 Å². The summed E-state index contributed by atoms with van der Waals surface area (Å²) >= 11 is 12.0. The lowest BCUT2D eigenvalue weighted by Crippen LogP contribution is -2.39. The molecule has 1 amide bonds. The summed E-state index contributed by atoms with van der Waals surface area (Å²) in [5.41, 5.74) is 1.55. The van der Waals surface area contributed by atoms with Gasteiger partial charge in [0.1, 0.15) is 0 Å². The molecule has 0 saturated carbocycles. The number of hydrogen-bond donors (Lipinski definition) is 0. The van der Waals surface area contributed by atoms with Crippen molar-refractivity contribution in [1.29, 1.82) is 0 Å². The molecule has 0 unspecified atom stereocenters. The van der Waals surface area contributed by atoms with E-state index in [0.717, 1.165) is 31.5 Å². The molecule has 18 heavy (non-hydrogen) atoms. The second-order valence-corrected chi connectivity index (χ2v) is 5.51. The van der Waals surface area contributed by atoms with Gasteiger partial charge >= 0.3 is 0 Å². The molecule has 0 radical (unpaired) electrons. The number of carbonyl (C=O) groups is 1. The normalized spacial score (nSPS) is 16.9. The number of rotatable bonds is 2. The highest BCUT2D eigenvalue weighted by molar-refractivity contribution is 6.34. The molecule has 0 aromatic heterocycles. The first-order chi connectivity index (χ1) is 8.63. The Morgan fingerprint density at radius 2 is 2.06 bits per heavy atom. The summed E-state index contributed by atoms with van der Waals surface area (Å²) in [6, 6.07) is 5.59. The Labute approximate surface area is 118 Å². The third-order valence-electron chi connectivity index (χ3n) is 3.54. The summed E-state index contributed by atoms with van der Waals surface area (Å²) in [6.07, 6.45) is 1.97. The first kappa shape index (κ1) is 13.7. The van der Waals surface area contributed by atoms with E-state index in [4.69, 9.17) is 23.2 Å². The quantitative estimate of drug-likeness (QED) is 0.758. The minimum absolute atomic E-state index is 0.0386. The lowest BCUT2D eigenvalue weighted by atomic mass is 9.98. The third kappa shape index (κ3) is 2.81. The van der Waals surface area contributed by atoms with Gasteiger partial charge in [-0.3, -0.25) is 4.79 Å². The van der Waals surface area contributed by atoms with Crippen molar-refractivity contribution in [2.24, 2.45) is 5.92 Å². The van der Waals surface area contributed by atoms with Crippen LogP contribution in [0.25, 0.3) is 0 Å². The van der Waals surface area contributed by atoms with E-state index in [1.54, 1.807) is 6.07 Å². The lowest BCUT2D eigenvalue weighted by molar-refractivity contribution is 0.0698. The topological polar surface area (TPSA) is 20.3 Å². The Morgan fingerprint density at radius 1 is 1.39 bits per heavy atom. The van der Waals surface area contributed by atoms with Gasteiger partial charge in [0, 0.05) is 19.0 Å². The van der Waals surface area contributed by atoms with Gasteiger partial charge in [-0.1, -0.05) is 23.7 Å². The molecule has 1 heterocycles. The number of aryl methyl sites for hydroxylation is 1. The monoisotopic (exact) mass is 285 g/mol. The van der Waals surface area contributed by atoms with Gasteiger partial charge in [0.15, 0.2) is 0 Å². The first-order valence-electron chi connectivity index (χ1n) is 6.24. The molecule has 1 aliphatic rings. The van der Waals surface area contributed by atoms with Crippen LogP contribution in [0.4, 0.5) is 0 Å². The number of likely N-dealkylation sites (tertiary alicyclic amines) is 1. The molecular formula is C14H17Cl2NO. The summed E-state index contributed by atoms with van der Waals surface area (Å²) in [5, 5.41) is 0.571. The maximum atomic E-state index is 12.4. The average molecular weight is 286 g/mol. The van der Waals surface area contributed by atoms with Gasteiger partial charge in [0.05, 0.1) is 10.6 Å². The Hall–Kier alpha value is -0.730. The van der Waals surface area contributed by atoms with Gasteiger partial charge in [-0.25, -0.2) is 0 Å². The third-order valence-corrected chi connectivity index (χ3v) is 4.48. The Kier molecular flexibility index (Phi) is 4.52. The second-order valence-electron chi connectivity index (χ2n) is 4.83. The molecule has 0 aliphatic carbocycles. The van der Waals surface area contributed by atoms with Crippen LogP contribution in [0.2, 0.25) is 5.02 Å². The van der Waals surface area contributed by atoms with E-state index in [9.17, 15) is 4.79 Å². The Morgan fingerprint density at radius 3 is 2.67 bits per heavy atom. The lowest BCUT2D eigenvalue weighted by Gasteiger charge is -2.31. The van der Waals surface area contributed by atoms with E-state index < -0.39 is 0 Å². The van der Waals surface area contributed by atoms with Crippen LogP contribution in [-0.4, -0.2) is 29.8 Å². The summed E-state index contributed by atoms with van der Waals surface area (Å²) in [4.78, 5) is 14.3. The van der Waals surface area contributed by atoms with Crippen molar-refractivity contribution in [2.75, 3.05) is 19.0 Å². The van der Waals surface area contributed by atoms with Crippen molar-refractivity contribution in [2.45, 2.75) is 19.8 Å². The van der Waals surface area contributed by atoms with Crippen LogP contribution in [0.5, 0.6) is 0 Å². The Balaban J connectivity index is 2.10. The fourth-order valence-electron chi connectivity index (χ4n) is 2.27. The van der Waals surface area contributed by atoms with Gasteiger partial charge < -0.3 is 4.90 Å². The molecule has 98 valence electrons. The highest BCUT2D eigenvalue weighted by Gasteiger charge is 2.24. The van der Waals surface area contributed by atoms with Crippen LogP contribution >= 0.6 is 23.2 Å². The molecule has 4 heteroatoms. The maximum Gasteiger partial charge on any atom is 0.255 e. The molecule has 1 saturated heterocycles. The summed E-state index contributed by atoms with van der Waals surface area (Å²) in [6.45, 7) is 3.47. The van der Waals surface area contributed by atoms with E-state index in [0.29, 0.717) is 22.4 Å².